The maximum Gasteiger partial charge on any atom is 0.253 e. The number of benzene rings is 2. The highest BCUT2D eigenvalue weighted by molar-refractivity contribution is 6.36. The molecule has 0 fully saturated rings. The minimum absolute atomic E-state index is 0.173. The van der Waals surface area contributed by atoms with Crippen LogP contribution >= 0.6 is 23.2 Å². The fourth-order valence-electron chi connectivity index (χ4n) is 2.48. The number of aromatic nitrogens is 1. The minimum Gasteiger partial charge on any atom is -0.444 e. The van der Waals surface area contributed by atoms with Crippen LogP contribution in [-0.4, -0.2) is 35.8 Å². The fourth-order valence-corrected chi connectivity index (χ4v) is 2.98. The van der Waals surface area contributed by atoms with E-state index in [1.54, 1.807) is 24.4 Å². The van der Waals surface area contributed by atoms with Gasteiger partial charge in [-0.15, -0.1) is 0 Å². The Bertz CT molecular complexity index is 1070. The number of anilines is 1. The van der Waals surface area contributed by atoms with E-state index in [1.807, 2.05) is 6.07 Å². The predicted molar refractivity (Wildman–Crippen MR) is 112 cm³/mol. The second-order valence-electron chi connectivity index (χ2n) is 6.08. The molecule has 0 atom stereocenters. The van der Waals surface area contributed by atoms with Crippen molar-refractivity contribution in [1.82, 2.24) is 15.6 Å². The summed E-state index contributed by atoms with van der Waals surface area (Å²) < 4.78 is 5.22. The molecule has 10 heteroatoms. The Balaban J connectivity index is 1.45. The van der Waals surface area contributed by atoms with Crippen LogP contribution < -0.4 is 16.0 Å². The number of hydrogen-bond donors (Lipinski definition) is 3. The smallest absolute Gasteiger partial charge is 0.253 e. The lowest BCUT2D eigenvalue weighted by molar-refractivity contribution is -0.123. The van der Waals surface area contributed by atoms with Crippen molar-refractivity contribution in [2.75, 3.05) is 18.4 Å². The molecule has 3 aromatic rings. The third-order valence-corrected chi connectivity index (χ3v) is 4.44. The van der Waals surface area contributed by atoms with Crippen LogP contribution in [0, 0.1) is 0 Å². The Hall–Kier alpha value is -3.36. The quantitative estimate of drug-likeness (QED) is 0.515. The molecule has 0 spiro atoms. The van der Waals surface area contributed by atoms with Gasteiger partial charge in [-0.1, -0.05) is 35.3 Å². The van der Waals surface area contributed by atoms with Gasteiger partial charge in [0, 0.05) is 16.3 Å². The van der Waals surface area contributed by atoms with Crippen molar-refractivity contribution < 1.29 is 18.8 Å². The lowest BCUT2D eigenvalue weighted by Crippen LogP contribution is -2.40. The topological polar surface area (TPSA) is 113 Å². The van der Waals surface area contributed by atoms with Crippen molar-refractivity contribution in [3.8, 4) is 11.3 Å². The lowest BCUT2D eigenvalue weighted by atomic mass is 10.1. The van der Waals surface area contributed by atoms with E-state index < -0.39 is 17.7 Å². The highest BCUT2D eigenvalue weighted by atomic mass is 35.5. The summed E-state index contributed by atoms with van der Waals surface area (Å²) in [4.78, 5) is 39.9. The molecule has 0 saturated heterocycles. The third kappa shape index (κ3) is 5.82. The third-order valence-electron chi connectivity index (χ3n) is 3.89. The van der Waals surface area contributed by atoms with Gasteiger partial charge in [-0.2, -0.15) is 0 Å². The summed E-state index contributed by atoms with van der Waals surface area (Å²) in [5, 5.41) is 8.09. The fraction of sp³-hybridized carbons (Fsp3) is 0.100. The Kier molecular flexibility index (Phi) is 7.05. The first-order valence-corrected chi connectivity index (χ1v) is 9.46. The van der Waals surface area contributed by atoms with Gasteiger partial charge in [0.15, 0.2) is 12.2 Å². The molecular formula is C20H16Cl2N4O4. The summed E-state index contributed by atoms with van der Waals surface area (Å²) in [6.45, 7) is -0.574. The van der Waals surface area contributed by atoms with E-state index in [0.717, 1.165) is 5.56 Å². The number of rotatable bonds is 7. The zero-order valence-electron chi connectivity index (χ0n) is 15.4. The Morgan fingerprint density at radius 1 is 0.967 bits per heavy atom. The maximum atomic E-state index is 12.1. The molecule has 1 heterocycles. The molecule has 1 aromatic heterocycles. The molecule has 0 aliphatic carbocycles. The highest BCUT2D eigenvalue weighted by Gasteiger charge is 2.13. The molecule has 154 valence electrons. The van der Waals surface area contributed by atoms with Gasteiger partial charge in [0.25, 0.3) is 5.91 Å². The first-order chi connectivity index (χ1) is 14.4. The zero-order chi connectivity index (χ0) is 21.5. The summed E-state index contributed by atoms with van der Waals surface area (Å²) in [5.41, 5.74) is 1.48. The molecule has 0 aliphatic heterocycles. The van der Waals surface area contributed by atoms with Crippen LogP contribution in [0.5, 0.6) is 0 Å². The van der Waals surface area contributed by atoms with Crippen molar-refractivity contribution in [2.24, 2.45) is 0 Å². The normalized spacial score (nSPS) is 10.3. The van der Waals surface area contributed by atoms with Crippen LogP contribution in [-0.2, 0) is 9.59 Å². The van der Waals surface area contributed by atoms with E-state index in [4.69, 9.17) is 27.6 Å². The molecule has 0 bridgehead atoms. The second kappa shape index (κ2) is 9.91. The van der Waals surface area contributed by atoms with Gasteiger partial charge in [-0.3, -0.25) is 14.4 Å². The number of nitrogens with one attached hydrogen (secondary N) is 3. The van der Waals surface area contributed by atoms with Gasteiger partial charge in [0.1, 0.15) is 0 Å². The number of halogens is 2. The number of oxazole rings is 1. The lowest BCUT2D eigenvalue weighted by Gasteiger charge is -2.09. The molecule has 3 N–H and O–H groups in total. The summed E-state index contributed by atoms with van der Waals surface area (Å²) >= 11 is 11.7. The number of carbonyl (C=O) groups excluding carboxylic acids is 3. The largest absolute Gasteiger partial charge is 0.444 e. The number of hydrogen-bond acceptors (Lipinski definition) is 5. The molecule has 0 aliphatic rings. The first-order valence-electron chi connectivity index (χ1n) is 8.71. The van der Waals surface area contributed by atoms with Crippen molar-refractivity contribution in [3.63, 3.8) is 0 Å². The Morgan fingerprint density at radius 3 is 2.50 bits per heavy atom. The Morgan fingerprint density at radius 2 is 1.77 bits per heavy atom. The van der Waals surface area contributed by atoms with Gasteiger partial charge < -0.3 is 20.4 Å². The molecule has 0 radical (unpaired) electrons. The van der Waals surface area contributed by atoms with Crippen LogP contribution in [0.1, 0.15) is 10.4 Å². The van der Waals surface area contributed by atoms with Crippen LogP contribution in [0.25, 0.3) is 11.3 Å². The van der Waals surface area contributed by atoms with Crippen molar-refractivity contribution in [1.29, 1.82) is 0 Å². The van der Waals surface area contributed by atoms with Gasteiger partial charge in [0.2, 0.25) is 11.8 Å². The number of carbonyl (C=O) groups is 3. The van der Waals surface area contributed by atoms with Gasteiger partial charge >= 0.3 is 0 Å². The van der Waals surface area contributed by atoms with E-state index in [2.05, 4.69) is 20.9 Å². The van der Waals surface area contributed by atoms with Gasteiger partial charge in [0.05, 0.1) is 29.9 Å². The molecule has 3 rings (SSSR count). The molecule has 30 heavy (non-hydrogen) atoms. The monoisotopic (exact) mass is 446 g/mol. The first kappa shape index (κ1) is 21.4. The van der Waals surface area contributed by atoms with E-state index in [9.17, 15) is 14.4 Å². The Labute approximate surface area is 181 Å². The second-order valence-corrected chi connectivity index (χ2v) is 6.92. The summed E-state index contributed by atoms with van der Waals surface area (Å²) in [6.07, 6.45) is 2.88. The standard InChI is InChI=1S/C20H16Cl2N4O4/c21-13-4-5-15(16(22)7-13)20(29)25-9-18(27)24-10-19(28)26-14-3-1-2-12(6-14)17-8-23-11-30-17/h1-8,11H,9-10H2,(H,24,27)(H,25,29)(H,26,28). The van der Waals surface area contributed by atoms with E-state index in [-0.39, 0.29) is 23.7 Å². The molecule has 3 amide bonds. The molecule has 2 aromatic carbocycles. The zero-order valence-corrected chi connectivity index (χ0v) is 17.0. The highest BCUT2D eigenvalue weighted by Crippen LogP contribution is 2.22. The van der Waals surface area contributed by atoms with Crippen molar-refractivity contribution in [2.45, 2.75) is 0 Å². The van der Waals surface area contributed by atoms with Crippen molar-refractivity contribution in [3.05, 3.63) is 70.7 Å². The molecular weight excluding hydrogens is 431 g/mol. The molecule has 0 saturated carbocycles. The average molecular weight is 447 g/mol. The summed E-state index contributed by atoms with van der Waals surface area (Å²) in [5.74, 6) is -0.916. The molecule has 8 nitrogen and oxygen atoms in total. The average Bonchev–Trinajstić information content (AvgIpc) is 3.25. The van der Waals surface area contributed by atoms with Gasteiger partial charge in [-0.05, 0) is 30.3 Å². The van der Waals surface area contributed by atoms with Crippen LogP contribution in [0.4, 0.5) is 5.69 Å². The maximum absolute atomic E-state index is 12.1. The van der Waals surface area contributed by atoms with E-state index in [1.165, 1.54) is 24.6 Å². The minimum atomic E-state index is -0.529. The number of nitrogens with zero attached hydrogens (tertiary/aromatic N) is 1. The van der Waals surface area contributed by atoms with Crippen molar-refractivity contribution >= 4 is 46.6 Å². The van der Waals surface area contributed by atoms with Crippen LogP contribution in [0.3, 0.4) is 0 Å². The predicted octanol–water partition coefficient (Wildman–Crippen LogP) is 3.13. The van der Waals surface area contributed by atoms with E-state index in [0.29, 0.717) is 16.5 Å². The van der Waals surface area contributed by atoms with Crippen LogP contribution in [0.2, 0.25) is 10.0 Å². The molecule has 0 unspecified atom stereocenters. The van der Waals surface area contributed by atoms with Gasteiger partial charge in [-0.25, -0.2) is 4.98 Å². The summed E-state index contributed by atoms with van der Waals surface area (Å²) in [7, 11) is 0. The van der Waals surface area contributed by atoms with Crippen LogP contribution in [0.15, 0.2) is 59.5 Å². The summed E-state index contributed by atoms with van der Waals surface area (Å²) in [6, 6.07) is 11.4. The number of amides is 3. The van der Waals surface area contributed by atoms with E-state index >= 15 is 0 Å². The SMILES string of the molecule is O=C(CNC(=O)c1ccc(Cl)cc1Cl)NCC(=O)Nc1cccc(-c2cnco2)c1.